The van der Waals surface area contributed by atoms with Crippen LogP contribution >= 0.6 is 0 Å². The summed E-state index contributed by atoms with van der Waals surface area (Å²) in [5.41, 5.74) is 4.77. The maximum Gasteiger partial charge on any atom is 0.0945 e. The minimum absolute atomic E-state index is 0. The van der Waals surface area contributed by atoms with Gasteiger partial charge in [-0.2, -0.15) is 0 Å². The van der Waals surface area contributed by atoms with Gasteiger partial charge in [-0.3, -0.25) is 0 Å². The highest BCUT2D eigenvalue weighted by molar-refractivity contribution is 4.85. The Morgan fingerprint density at radius 2 is 1.69 bits per heavy atom. The molecule has 0 unspecified atom stereocenters. The van der Waals surface area contributed by atoms with Crippen LogP contribution in [0.5, 0.6) is 0 Å². The summed E-state index contributed by atoms with van der Waals surface area (Å²) >= 11 is 0. The predicted octanol–water partition coefficient (Wildman–Crippen LogP) is -3.88. The lowest BCUT2D eigenvalue weighted by atomic mass is 9.74. The van der Waals surface area contributed by atoms with E-state index < -0.39 is 0 Å². The Hall–Kier alpha value is 0.880. The van der Waals surface area contributed by atoms with Crippen molar-refractivity contribution in [1.29, 1.82) is 0 Å². The molecule has 0 spiro atoms. The van der Waals surface area contributed by atoms with Gasteiger partial charge < -0.3 is 45.8 Å². The Morgan fingerprint density at radius 1 is 1.15 bits per heavy atom. The molecule has 2 nitrogen and oxygen atoms in total. The van der Waals surface area contributed by atoms with Crippen LogP contribution in [0.1, 0.15) is 51.9 Å². The van der Waals surface area contributed by atoms with Crippen LogP contribution in [0, 0.1) is 0 Å². The normalized spacial score (nSPS) is 17.1. The third-order valence-electron chi connectivity index (χ3n) is 2.72. The number of rotatable bonds is 4. The summed E-state index contributed by atoms with van der Waals surface area (Å²) in [7, 11) is 0. The van der Waals surface area contributed by atoms with Crippen molar-refractivity contribution in [3.05, 3.63) is 0 Å². The van der Waals surface area contributed by atoms with Crippen molar-refractivity contribution in [3.63, 3.8) is 0 Å². The number of hydrogen-bond acceptors (Lipinski definition) is 0. The van der Waals surface area contributed by atoms with E-state index in [1.165, 1.54) is 44.9 Å². The van der Waals surface area contributed by atoms with Crippen LogP contribution in [0.2, 0.25) is 0 Å². The zero-order chi connectivity index (χ0) is 7.45. The van der Waals surface area contributed by atoms with Crippen molar-refractivity contribution in [3.8, 4) is 0 Å². The van der Waals surface area contributed by atoms with Crippen molar-refractivity contribution in [2.75, 3.05) is 0 Å². The Morgan fingerprint density at radius 3 is 2.00 bits per heavy atom. The van der Waals surface area contributed by atoms with Gasteiger partial charge in [0.2, 0.25) is 0 Å². The van der Waals surface area contributed by atoms with Gasteiger partial charge in [0.15, 0.2) is 0 Å². The van der Waals surface area contributed by atoms with Crippen LogP contribution in [0.25, 0.3) is 0 Å². The van der Waals surface area contributed by atoms with Gasteiger partial charge in [-0.05, 0) is 12.8 Å². The molecule has 0 radical (unpaired) electrons. The molecule has 0 saturated heterocycles. The van der Waals surface area contributed by atoms with Crippen molar-refractivity contribution < 1.29 is 39.7 Å². The Balaban J connectivity index is -0.000000333. The van der Waals surface area contributed by atoms with Crippen LogP contribution in [0.15, 0.2) is 0 Å². The molecule has 4 heteroatoms. The summed E-state index contributed by atoms with van der Waals surface area (Å²) < 4.78 is 0. The molecule has 1 aliphatic rings. The maximum atomic E-state index is 4.25. The van der Waals surface area contributed by atoms with Crippen molar-refractivity contribution in [2.45, 2.75) is 57.4 Å². The molecule has 0 aliphatic heterocycles. The highest BCUT2D eigenvalue weighted by Gasteiger charge is 2.35. The molecular weight excluding hydrogens is 296 g/mol. The third kappa shape index (κ3) is 6.89. The summed E-state index contributed by atoms with van der Waals surface area (Å²) in [6, 6.07) is 0. The van der Waals surface area contributed by atoms with Crippen LogP contribution in [0.3, 0.4) is 0 Å². The molecule has 0 heterocycles. The fourth-order valence-corrected chi connectivity index (χ4v) is 1.68. The lowest BCUT2D eigenvalue weighted by molar-refractivity contribution is -0.500. The molecule has 0 bridgehead atoms. The first-order chi connectivity index (χ1) is 4.77. The standard InChI is InChI=1S/C9H19N.2BrH.H3N/c1-2-3-4-6-9(10)7-5-8-9;;;/h2-8,10H2,1H3;2*1H;1H3. The van der Waals surface area contributed by atoms with Crippen LogP contribution < -0.4 is 45.8 Å². The van der Waals surface area contributed by atoms with Gasteiger partial charge in [-0.25, -0.2) is 0 Å². The zero-order valence-corrected chi connectivity index (χ0v) is 12.1. The minimum atomic E-state index is 0. The Labute approximate surface area is 103 Å². The van der Waals surface area contributed by atoms with Gasteiger partial charge in [0, 0.05) is 19.3 Å². The predicted molar refractivity (Wildman–Crippen MR) is 49.6 cm³/mol. The van der Waals surface area contributed by atoms with E-state index in [9.17, 15) is 0 Å². The van der Waals surface area contributed by atoms with E-state index in [1.807, 2.05) is 0 Å². The average molecular weight is 320 g/mol. The third-order valence-corrected chi connectivity index (χ3v) is 2.72. The Kier molecular flexibility index (Phi) is 14.1. The topological polar surface area (TPSA) is 64.1 Å². The summed E-state index contributed by atoms with van der Waals surface area (Å²) in [6.07, 6.45) is 9.72. The highest BCUT2D eigenvalue weighted by Crippen LogP contribution is 2.31. The maximum absolute atomic E-state index is 4.25. The first-order valence-electron chi connectivity index (χ1n) is 4.62. The van der Waals surface area contributed by atoms with Gasteiger partial charge in [-0.15, -0.1) is 0 Å². The number of halogens is 2. The van der Waals surface area contributed by atoms with Gasteiger partial charge in [0.05, 0.1) is 5.54 Å². The SMILES string of the molecule is CCCCCC1([NH3+])CCC1.[Br-].[Br-].[NH4+]. The monoisotopic (exact) mass is 318 g/mol. The van der Waals surface area contributed by atoms with E-state index in [1.54, 1.807) is 0 Å². The van der Waals surface area contributed by atoms with Gasteiger partial charge >= 0.3 is 0 Å². The van der Waals surface area contributed by atoms with Gasteiger partial charge in [0.25, 0.3) is 0 Å². The molecule has 84 valence electrons. The minimum Gasteiger partial charge on any atom is -1.00 e. The lowest BCUT2D eigenvalue weighted by Gasteiger charge is -2.34. The fraction of sp³-hybridized carbons (Fsp3) is 1.00. The number of quaternary nitrogens is 2. The number of unbranched alkanes of at least 4 members (excludes halogenated alkanes) is 2. The largest absolute Gasteiger partial charge is 1.00 e. The van der Waals surface area contributed by atoms with Crippen molar-refractivity contribution >= 4 is 0 Å². The molecule has 1 saturated carbocycles. The van der Waals surface area contributed by atoms with E-state index >= 15 is 0 Å². The average Bonchev–Trinajstić information content (AvgIpc) is 1.85. The smallest absolute Gasteiger partial charge is 0.0945 e. The highest BCUT2D eigenvalue weighted by atomic mass is 79.9. The molecule has 7 N–H and O–H groups in total. The zero-order valence-electron chi connectivity index (χ0n) is 8.91. The second-order valence-corrected chi connectivity index (χ2v) is 3.81. The van der Waals surface area contributed by atoms with Crippen LogP contribution in [-0.4, -0.2) is 5.54 Å². The number of hydrogen-bond donors (Lipinski definition) is 2. The van der Waals surface area contributed by atoms with E-state index in [0.717, 1.165) is 0 Å². The molecule has 0 aromatic carbocycles. The quantitative estimate of drug-likeness (QED) is 0.498. The first-order valence-corrected chi connectivity index (χ1v) is 4.62. The van der Waals surface area contributed by atoms with Gasteiger partial charge in [0.1, 0.15) is 0 Å². The second kappa shape index (κ2) is 9.44. The first kappa shape index (κ1) is 19.5. The molecule has 1 fully saturated rings. The van der Waals surface area contributed by atoms with Crippen LogP contribution in [0.4, 0.5) is 0 Å². The summed E-state index contributed by atoms with van der Waals surface area (Å²) in [4.78, 5) is 0. The van der Waals surface area contributed by atoms with E-state index in [-0.39, 0.29) is 40.1 Å². The van der Waals surface area contributed by atoms with E-state index in [4.69, 9.17) is 0 Å². The van der Waals surface area contributed by atoms with E-state index in [2.05, 4.69) is 12.7 Å². The molecule has 13 heavy (non-hydrogen) atoms. The Bertz CT molecular complexity index is 106. The molecule has 0 amide bonds. The molecule has 1 aliphatic carbocycles. The fourth-order valence-electron chi connectivity index (χ4n) is 1.68. The van der Waals surface area contributed by atoms with Gasteiger partial charge in [-0.1, -0.05) is 19.8 Å². The summed E-state index contributed by atoms with van der Waals surface area (Å²) in [5, 5.41) is 0. The lowest BCUT2D eigenvalue weighted by Crippen LogP contribution is -3.00. The molecular formula is C9H24Br2N2. The van der Waals surface area contributed by atoms with Crippen LogP contribution in [-0.2, 0) is 0 Å². The summed E-state index contributed by atoms with van der Waals surface area (Å²) in [6.45, 7) is 2.26. The van der Waals surface area contributed by atoms with Crippen molar-refractivity contribution in [2.24, 2.45) is 0 Å². The second-order valence-electron chi connectivity index (χ2n) is 3.81. The van der Waals surface area contributed by atoms with E-state index in [0.29, 0.717) is 5.54 Å². The molecule has 0 aromatic rings. The molecule has 1 rings (SSSR count). The van der Waals surface area contributed by atoms with Crippen molar-refractivity contribution in [1.82, 2.24) is 6.15 Å². The molecule has 0 aromatic heterocycles. The summed E-state index contributed by atoms with van der Waals surface area (Å²) in [5.74, 6) is 0. The molecule has 0 atom stereocenters.